The normalized spacial score (nSPS) is 21.7. The Hall–Kier alpha value is -3.32. The molecule has 29 heavy (non-hydrogen) atoms. The summed E-state index contributed by atoms with van der Waals surface area (Å²) in [4.78, 5) is 2.19. The lowest BCUT2D eigenvalue weighted by atomic mass is 9.73. The van der Waals surface area contributed by atoms with Crippen LogP contribution in [-0.2, 0) is 0 Å². The van der Waals surface area contributed by atoms with E-state index in [0.717, 1.165) is 0 Å². The first-order valence-corrected chi connectivity index (χ1v) is 10.2. The molecule has 1 heteroatoms. The summed E-state index contributed by atoms with van der Waals surface area (Å²) in [5.74, 6) is 0.902. The highest BCUT2D eigenvalue weighted by Crippen LogP contribution is 2.41. The van der Waals surface area contributed by atoms with Gasteiger partial charge in [0.05, 0.1) is 0 Å². The second-order valence-electron chi connectivity index (χ2n) is 8.08. The van der Waals surface area contributed by atoms with Crippen molar-refractivity contribution in [1.82, 2.24) is 0 Å². The summed E-state index contributed by atoms with van der Waals surface area (Å²) in [6, 6.07) is 17.5. The molecule has 0 saturated heterocycles. The van der Waals surface area contributed by atoms with Crippen LogP contribution in [0.15, 0.2) is 114 Å². The standard InChI is InChI=1S/C28H25N/c1-29(2)28-17-15-23(19-27(28)20-8-4-3-5-9-20)22-14-16-26-24(18-22)13-12-21-10-6-7-11-25(21)26/h3-19,25-26H,1-2H3. The molecule has 1 nitrogen and oxygen atoms in total. The van der Waals surface area contributed by atoms with Crippen LogP contribution in [0, 0.1) is 11.8 Å². The SMILES string of the molecule is CN(C)c1ccc(C2=CC3=CC=C4C=CC=CC4C3C=C2)cc1-c1ccccc1. The fourth-order valence-electron chi connectivity index (χ4n) is 4.52. The lowest BCUT2D eigenvalue weighted by Gasteiger charge is -2.31. The van der Waals surface area contributed by atoms with E-state index in [9.17, 15) is 0 Å². The number of hydrogen-bond acceptors (Lipinski definition) is 1. The molecule has 2 aromatic rings. The van der Waals surface area contributed by atoms with Gasteiger partial charge in [0, 0.05) is 37.2 Å². The Kier molecular flexibility index (Phi) is 4.44. The van der Waals surface area contributed by atoms with E-state index < -0.39 is 0 Å². The van der Waals surface area contributed by atoms with E-state index >= 15 is 0 Å². The molecule has 2 aromatic carbocycles. The Bertz CT molecular complexity index is 1120. The fourth-order valence-corrected chi connectivity index (χ4v) is 4.52. The summed E-state index contributed by atoms with van der Waals surface area (Å²) >= 11 is 0. The third-order valence-corrected chi connectivity index (χ3v) is 6.04. The maximum atomic E-state index is 2.38. The molecule has 0 radical (unpaired) electrons. The summed E-state index contributed by atoms with van der Waals surface area (Å²) in [7, 11) is 4.21. The summed E-state index contributed by atoms with van der Waals surface area (Å²) in [5, 5.41) is 0. The van der Waals surface area contributed by atoms with Crippen LogP contribution in [0.2, 0.25) is 0 Å². The van der Waals surface area contributed by atoms with Crippen molar-refractivity contribution in [1.29, 1.82) is 0 Å². The highest BCUT2D eigenvalue weighted by molar-refractivity contribution is 5.86. The van der Waals surface area contributed by atoms with Gasteiger partial charge in [0.15, 0.2) is 0 Å². The summed E-state index contributed by atoms with van der Waals surface area (Å²) < 4.78 is 0. The second kappa shape index (κ2) is 7.25. The smallest absolute Gasteiger partial charge is 0.0441 e. The van der Waals surface area contributed by atoms with E-state index in [1.165, 1.54) is 39.1 Å². The van der Waals surface area contributed by atoms with Crippen LogP contribution in [-0.4, -0.2) is 14.1 Å². The van der Waals surface area contributed by atoms with Gasteiger partial charge in [-0.05, 0) is 40.0 Å². The summed E-state index contributed by atoms with van der Waals surface area (Å²) in [6.45, 7) is 0. The van der Waals surface area contributed by atoms with E-state index in [-0.39, 0.29) is 0 Å². The number of nitrogens with zero attached hydrogens (tertiary/aromatic N) is 1. The van der Waals surface area contributed by atoms with Gasteiger partial charge < -0.3 is 4.90 Å². The van der Waals surface area contributed by atoms with E-state index in [1.54, 1.807) is 0 Å². The van der Waals surface area contributed by atoms with Crippen molar-refractivity contribution in [3.8, 4) is 11.1 Å². The van der Waals surface area contributed by atoms with Crippen molar-refractivity contribution in [2.45, 2.75) is 0 Å². The lowest BCUT2D eigenvalue weighted by molar-refractivity contribution is 0.615. The number of rotatable bonds is 3. The predicted octanol–water partition coefficient (Wildman–Crippen LogP) is 6.60. The van der Waals surface area contributed by atoms with Crippen LogP contribution >= 0.6 is 0 Å². The molecule has 0 amide bonds. The molecule has 0 saturated carbocycles. The molecule has 2 unspecified atom stereocenters. The minimum absolute atomic E-state index is 0.439. The minimum Gasteiger partial charge on any atom is -0.377 e. The zero-order valence-electron chi connectivity index (χ0n) is 16.9. The summed E-state index contributed by atoms with van der Waals surface area (Å²) in [5.41, 5.74) is 9.10. The van der Waals surface area contributed by atoms with Gasteiger partial charge in [0.2, 0.25) is 0 Å². The maximum absolute atomic E-state index is 2.38. The number of anilines is 1. The average molecular weight is 376 g/mol. The van der Waals surface area contributed by atoms with Gasteiger partial charge in [-0.3, -0.25) is 0 Å². The Morgan fingerprint density at radius 3 is 2.34 bits per heavy atom. The molecular formula is C28H25N. The van der Waals surface area contributed by atoms with Crippen molar-refractivity contribution < 1.29 is 0 Å². The molecule has 0 N–H and O–H groups in total. The van der Waals surface area contributed by atoms with Crippen LogP contribution in [0.4, 0.5) is 5.69 Å². The first-order valence-electron chi connectivity index (χ1n) is 10.2. The van der Waals surface area contributed by atoms with E-state index in [2.05, 4.69) is 122 Å². The Labute approximate surface area is 173 Å². The molecule has 0 aliphatic heterocycles. The lowest BCUT2D eigenvalue weighted by Crippen LogP contribution is -2.19. The van der Waals surface area contributed by atoms with Crippen LogP contribution < -0.4 is 4.90 Å². The molecule has 2 atom stereocenters. The van der Waals surface area contributed by atoms with E-state index in [0.29, 0.717) is 11.8 Å². The molecule has 0 heterocycles. The van der Waals surface area contributed by atoms with E-state index in [4.69, 9.17) is 0 Å². The molecule has 0 bridgehead atoms. The Morgan fingerprint density at radius 1 is 0.724 bits per heavy atom. The number of allylic oxidation sites excluding steroid dienone is 12. The fraction of sp³-hybridized carbons (Fsp3) is 0.143. The highest BCUT2D eigenvalue weighted by Gasteiger charge is 2.27. The Balaban J connectivity index is 1.56. The Morgan fingerprint density at radius 2 is 1.52 bits per heavy atom. The quantitative estimate of drug-likeness (QED) is 0.584. The second-order valence-corrected chi connectivity index (χ2v) is 8.08. The molecule has 0 fully saturated rings. The van der Waals surface area contributed by atoms with E-state index in [1.807, 2.05) is 0 Å². The van der Waals surface area contributed by atoms with Crippen LogP contribution in [0.1, 0.15) is 5.56 Å². The first-order chi connectivity index (χ1) is 14.2. The average Bonchev–Trinajstić information content (AvgIpc) is 2.78. The van der Waals surface area contributed by atoms with Crippen LogP contribution in [0.25, 0.3) is 16.7 Å². The third kappa shape index (κ3) is 3.23. The maximum Gasteiger partial charge on any atom is 0.0441 e. The molecule has 0 aromatic heterocycles. The molecule has 5 rings (SSSR count). The van der Waals surface area contributed by atoms with Crippen molar-refractivity contribution in [2.75, 3.05) is 19.0 Å². The molecule has 3 aliphatic carbocycles. The van der Waals surface area contributed by atoms with Gasteiger partial charge >= 0.3 is 0 Å². The van der Waals surface area contributed by atoms with Crippen LogP contribution in [0.5, 0.6) is 0 Å². The number of benzene rings is 2. The zero-order valence-corrected chi connectivity index (χ0v) is 16.9. The van der Waals surface area contributed by atoms with Gasteiger partial charge in [-0.1, -0.05) is 91.1 Å². The predicted molar refractivity (Wildman–Crippen MR) is 125 cm³/mol. The first kappa shape index (κ1) is 17.8. The summed E-state index contributed by atoms with van der Waals surface area (Å²) in [6.07, 6.45) is 20.5. The van der Waals surface area contributed by atoms with Gasteiger partial charge in [0.1, 0.15) is 0 Å². The van der Waals surface area contributed by atoms with Crippen molar-refractivity contribution >= 4 is 11.3 Å². The van der Waals surface area contributed by atoms with Gasteiger partial charge in [0.25, 0.3) is 0 Å². The van der Waals surface area contributed by atoms with Gasteiger partial charge in [-0.15, -0.1) is 0 Å². The van der Waals surface area contributed by atoms with Gasteiger partial charge in [-0.25, -0.2) is 0 Å². The van der Waals surface area contributed by atoms with Crippen molar-refractivity contribution in [3.63, 3.8) is 0 Å². The van der Waals surface area contributed by atoms with Crippen molar-refractivity contribution in [2.24, 2.45) is 11.8 Å². The molecule has 0 spiro atoms. The van der Waals surface area contributed by atoms with Gasteiger partial charge in [-0.2, -0.15) is 0 Å². The molecule has 142 valence electrons. The van der Waals surface area contributed by atoms with Crippen LogP contribution in [0.3, 0.4) is 0 Å². The monoisotopic (exact) mass is 375 g/mol. The topological polar surface area (TPSA) is 3.24 Å². The van der Waals surface area contributed by atoms with Crippen molar-refractivity contribution in [3.05, 3.63) is 120 Å². The molecular weight excluding hydrogens is 350 g/mol. The highest BCUT2D eigenvalue weighted by atomic mass is 15.1. The zero-order chi connectivity index (χ0) is 19.8. The number of fused-ring (bicyclic) bond motifs is 3. The number of hydrogen-bond donors (Lipinski definition) is 0. The minimum atomic E-state index is 0.439. The third-order valence-electron chi connectivity index (χ3n) is 6.04. The molecule has 3 aliphatic rings. The largest absolute Gasteiger partial charge is 0.377 e.